The Hall–Kier alpha value is -0.340. The molecule has 64 valence electrons. The molecule has 0 spiro atoms. The second-order valence-electron chi connectivity index (χ2n) is 3.39. The van der Waals surface area contributed by atoms with Gasteiger partial charge in [-0.25, -0.2) is 0 Å². The molecule has 1 nitrogen and oxygen atoms in total. The predicted molar refractivity (Wildman–Crippen MR) is 54.0 cm³/mol. The lowest BCUT2D eigenvalue weighted by molar-refractivity contribution is 0.809. The Kier molecular flexibility index (Phi) is 2.20. The van der Waals surface area contributed by atoms with E-state index in [0.717, 1.165) is 22.9 Å². The van der Waals surface area contributed by atoms with Crippen LogP contribution in [0, 0.1) is 5.92 Å². The number of nitrogens with two attached hydrogens (primary N) is 1. The molecule has 2 rings (SSSR count). The van der Waals surface area contributed by atoms with Gasteiger partial charge in [0.1, 0.15) is 0 Å². The Morgan fingerprint density at radius 1 is 1.33 bits per heavy atom. The van der Waals surface area contributed by atoms with Crippen molar-refractivity contribution in [3.8, 4) is 0 Å². The first-order chi connectivity index (χ1) is 5.81. The minimum absolute atomic E-state index is 0.739. The molecular weight excluding hydrogens is 214 g/mol. The molecule has 1 aliphatic carbocycles. The van der Waals surface area contributed by atoms with E-state index in [9.17, 15) is 0 Å². The number of hydrogen-bond donors (Lipinski definition) is 1. The molecule has 1 aliphatic rings. The van der Waals surface area contributed by atoms with Crippen LogP contribution in [-0.4, -0.2) is 6.54 Å². The van der Waals surface area contributed by atoms with Gasteiger partial charge in [-0.15, -0.1) is 0 Å². The fourth-order valence-electron chi connectivity index (χ4n) is 1.63. The van der Waals surface area contributed by atoms with Crippen molar-refractivity contribution >= 4 is 15.9 Å². The molecule has 1 fully saturated rings. The molecule has 2 atom stereocenters. The molecule has 0 bridgehead atoms. The van der Waals surface area contributed by atoms with Crippen LogP contribution >= 0.6 is 15.9 Å². The smallest absolute Gasteiger partial charge is 0.0175 e. The SMILES string of the molecule is NC[C@@H]1C[C@@H]1c1ccc(Br)cc1. The monoisotopic (exact) mass is 225 g/mol. The molecule has 12 heavy (non-hydrogen) atoms. The van der Waals surface area contributed by atoms with Crippen molar-refractivity contribution in [3.63, 3.8) is 0 Å². The minimum Gasteiger partial charge on any atom is -0.330 e. The lowest BCUT2D eigenvalue weighted by Gasteiger charge is -1.98. The third-order valence-electron chi connectivity index (χ3n) is 2.52. The van der Waals surface area contributed by atoms with E-state index in [0.29, 0.717) is 0 Å². The van der Waals surface area contributed by atoms with Crippen LogP contribution in [0.3, 0.4) is 0 Å². The van der Waals surface area contributed by atoms with Crippen molar-refractivity contribution in [1.82, 2.24) is 0 Å². The number of benzene rings is 1. The summed E-state index contributed by atoms with van der Waals surface area (Å²) in [4.78, 5) is 0. The summed E-state index contributed by atoms with van der Waals surface area (Å²) >= 11 is 3.42. The van der Waals surface area contributed by atoms with Gasteiger partial charge in [0.2, 0.25) is 0 Å². The van der Waals surface area contributed by atoms with Gasteiger partial charge in [-0.05, 0) is 42.5 Å². The standard InChI is InChI=1S/C10H12BrN/c11-9-3-1-7(2-4-9)10-5-8(10)6-12/h1-4,8,10H,5-6,12H2/t8-,10+/m0/s1. The van der Waals surface area contributed by atoms with Crippen LogP contribution in [-0.2, 0) is 0 Å². The van der Waals surface area contributed by atoms with Crippen molar-refractivity contribution in [1.29, 1.82) is 0 Å². The lowest BCUT2D eigenvalue weighted by atomic mass is 10.1. The summed E-state index contributed by atoms with van der Waals surface area (Å²) in [7, 11) is 0. The number of hydrogen-bond acceptors (Lipinski definition) is 1. The molecule has 0 aromatic heterocycles. The molecule has 1 saturated carbocycles. The molecule has 1 aromatic carbocycles. The van der Waals surface area contributed by atoms with Crippen LogP contribution in [0.4, 0.5) is 0 Å². The van der Waals surface area contributed by atoms with Crippen LogP contribution < -0.4 is 5.73 Å². The summed E-state index contributed by atoms with van der Waals surface area (Å²) < 4.78 is 1.15. The quantitative estimate of drug-likeness (QED) is 0.823. The molecule has 2 N–H and O–H groups in total. The first kappa shape index (κ1) is 8.27. The summed E-state index contributed by atoms with van der Waals surface area (Å²) in [6.07, 6.45) is 1.28. The zero-order chi connectivity index (χ0) is 8.55. The van der Waals surface area contributed by atoms with Gasteiger partial charge in [0.15, 0.2) is 0 Å². The van der Waals surface area contributed by atoms with Crippen molar-refractivity contribution in [2.45, 2.75) is 12.3 Å². The molecule has 0 unspecified atom stereocenters. The average molecular weight is 226 g/mol. The molecule has 0 saturated heterocycles. The summed E-state index contributed by atoms with van der Waals surface area (Å²) in [5, 5.41) is 0. The van der Waals surface area contributed by atoms with Gasteiger partial charge in [-0.1, -0.05) is 28.1 Å². The molecule has 0 heterocycles. The maximum atomic E-state index is 5.58. The van der Waals surface area contributed by atoms with E-state index in [1.807, 2.05) is 0 Å². The van der Waals surface area contributed by atoms with E-state index in [-0.39, 0.29) is 0 Å². The maximum absolute atomic E-state index is 5.58. The summed E-state index contributed by atoms with van der Waals surface area (Å²) in [6.45, 7) is 0.834. The van der Waals surface area contributed by atoms with Gasteiger partial charge in [0.25, 0.3) is 0 Å². The lowest BCUT2D eigenvalue weighted by Crippen LogP contribution is -2.01. The molecule has 0 radical (unpaired) electrons. The Balaban J connectivity index is 2.10. The molecule has 2 heteroatoms. The summed E-state index contributed by atoms with van der Waals surface area (Å²) in [5.74, 6) is 1.48. The molecular formula is C10H12BrN. The van der Waals surface area contributed by atoms with E-state index < -0.39 is 0 Å². The van der Waals surface area contributed by atoms with Crippen molar-refractivity contribution in [2.75, 3.05) is 6.54 Å². The van der Waals surface area contributed by atoms with E-state index in [1.165, 1.54) is 12.0 Å². The van der Waals surface area contributed by atoms with Gasteiger partial charge < -0.3 is 5.73 Å². The third kappa shape index (κ3) is 1.54. The summed E-state index contributed by atoms with van der Waals surface area (Å²) in [6, 6.07) is 8.57. The van der Waals surface area contributed by atoms with Gasteiger partial charge >= 0.3 is 0 Å². The first-order valence-electron chi connectivity index (χ1n) is 4.27. The Morgan fingerprint density at radius 2 is 2.00 bits per heavy atom. The predicted octanol–water partition coefficient (Wildman–Crippen LogP) is 2.51. The van der Waals surface area contributed by atoms with Gasteiger partial charge in [-0.3, -0.25) is 0 Å². The Labute approximate surface area is 81.1 Å². The largest absolute Gasteiger partial charge is 0.330 e. The second kappa shape index (κ2) is 3.19. The third-order valence-corrected chi connectivity index (χ3v) is 3.05. The molecule has 0 aliphatic heterocycles. The van der Waals surface area contributed by atoms with Gasteiger partial charge in [-0.2, -0.15) is 0 Å². The van der Waals surface area contributed by atoms with E-state index in [2.05, 4.69) is 40.2 Å². The normalized spacial score (nSPS) is 27.2. The summed E-state index contributed by atoms with van der Waals surface area (Å²) in [5.41, 5.74) is 7.02. The number of rotatable bonds is 2. The van der Waals surface area contributed by atoms with Crippen molar-refractivity contribution in [2.24, 2.45) is 11.7 Å². The maximum Gasteiger partial charge on any atom is 0.0175 e. The highest BCUT2D eigenvalue weighted by atomic mass is 79.9. The highest BCUT2D eigenvalue weighted by Crippen LogP contribution is 2.46. The van der Waals surface area contributed by atoms with Crippen molar-refractivity contribution < 1.29 is 0 Å². The topological polar surface area (TPSA) is 26.0 Å². The van der Waals surface area contributed by atoms with E-state index >= 15 is 0 Å². The van der Waals surface area contributed by atoms with E-state index in [4.69, 9.17) is 5.73 Å². The van der Waals surface area contributed by atoms with Crippen LogP contribution in [0.5, 0.6) is 0 Å². The fourth-order valence-corrected chi connectivity index (χ4v) is 1.89. The van der Waals surface area contributed by atoms with Gasteiger partial charge in [0.05, 0.1) is 0 Å². The van der Waals surface area contributed by atoms with Crippen LogP contribution in [0.1, 0.15) is 17.9 Å². The van der Waals surface area contributed by atoms with Crippen LogP contribution in [0.25, 0.3) is 0 Å². The minimum atomic E-state index is 0.739. The Bertz CT molecular complexity index is 268. The molecule has 0 amide bonds. The average Bonchev–Trinajstić information content (AvgIpc) is 2.85. The zero-order valence-electron chi connectivity index (χ0n) is 6.83. The van der Waals surface area contributed by atoms with Crippen LogP contribution in [0.2, 0.25) is 0 Å². The Morgan fingerprint density at radius 3 is 2.50 bits per heavy atom. The highest BCUT2D eigenvalue weighted by molar-refractivity contribution is 9.10. The van der Waals surface area contributed by atoms with Crippen molar-refractivity contribution in [3.05, 3.63) is 34.3 Å². The zero-order valence-corrected chi connectivity index (χ0v) is 8.42. The van der Waals surface area contributed by atoms with Crippen LogP contribution in [0.15, 0.2) is 28.7 Å². The highest BCUT2D eigenvalue weighted by Gasteiger charge is 2.36. The van der Waals surface area contributed by atoms with Gasteiger partial charge in [0, 0.05) is 4.47 Å². The second-order valence-corrected chi connectivity index (χ2v) is 4.31. The number of halogens is 1. The fraction of sp³-hybridized carbons (Fsp3) is 0.400. The first-order valence-corrected chi connectivity index (χ1v) is 5.06. The molecule has 1 aromatic rings. The van der Waals surface area contributed by atoms with E-state index in [1.54, 1.807) is 0 Å².